The number of pyridine rings is 1. The van der Waals surface area contributed by atoms with Gasteiger partial charge in [-0.15, -0.1) is 11.3 Å². The van der Waals surface area contributed by atoms with E-state index in [-0.39, 0.29) is 50.4 Å². The molecule has 21 heteroatoms. The van der Waals surface area contributed by atoms with Crippen LogP contribution in [0.25, 0.3) is 32.6 Å². The lowest BCUT2D eigenvalue weighted by molar-refractivity contribution is -0.144. The molecular formula is C54H73FN10O9S. The molecule has 4 atom stereocenters. The number of halogens is 1. The molecule has 0 spiro atoms. The smallest absolute Gasteiger partial charge is 0.319 e. The van der Waals surface area contributed by atoms with Gasteiger partial charge in [0.05, 0.1) is 73.6 Å². The number of aryl methyl sites for hydroxylation is 3. The fraction of sp³-hybridized carbons (Fsp3) is 0.519. The third-order valence-electron chi connectivity index (χ3n) is 12.7. The summed E-state index contributed by atoms with van der Waals surface area (Å²) in [5.41, 5.74) is 7.58. The molecule has 2 unspecified atom stereocenters. The van der Waals surface area contributed by atoms with Crippen LogP contribution in [0, 0.1) is 32.0 Å². The molecule has 0 bridgehead atoms. The lowest BCUT2D eigenvalue weighted by Gasteiger charge is -2.35. The number of thiazole rings is 1. The first-order valence-electron chi connectivity index (χ1n) is 25.5. The number of hydrogen-bond donors (Lipinski definition) is 6. The third-order valence-corrected chi connectivity index (χ3v) is 13.7. The third kappa shape index (κ3) is 16.9. The number of nitrogens with zero attached hydrogens (tertiary/aromatic N) is 5. The van der Waals surface area contributed by atoms with E-state index in [2.05, 4.69) is 46.5 Å². The number of rotatable bonds is 27. The minimum Gasteiger partial charge on any atom is -0.391 e. The second-order valence-electron chi connectivity index (χ2n) is 19.7. The van der Waals surface area contributed by atoms with Gasteiger partial charge in [0.1, 0.15) is 24.5 Å². The number of amides is 5. The number of benzene rings is 2. The van der Waals surface area contributed by atoms with E-state index in [1.165, 1.54) is 11.0 Å². The maximum absolute atomic E-state index is 15.0. The van der Waals surface area contributed by atoms with Crippen LogP contribution in [0.1, 0.15) is 88.4 Å². The van der Waals surface area contributed by atoms with Crippen molar-refractivity contribution in [2.45, 2.75) is 105 Å². The van der Waals surface area contributed by atoms with Crippen LogP contribution in [0.2, 0.25) is 0 Å². The summed E-state index contributed by atoms with van der Waals surface area (Å²) >= 11 is 1.57. The lowest BCUT2D eigenvalue weighted by Crippen LogP contribution is -2.58. The van der Waals surface area contributed by atoms with Gasteiger partial charge in [-0.25, -0.2) is 24.1 Å². The molecule has 1 aliphatic heterocycles. The Morgan fingerprint density at radius 1 is 0.840 bits per heavy atom. The van der Waals surface area contributed by atoms with E-state index in [1.807, 2.05) is 84.3 Å². The van der Waals surface area contributed by atoms with Crippen molar-refractivity contribution in [3.8, 4) is 21.6 Å². The number of unbranched alkanes of at least 4 members (excludes halogenated alkanes) is 3. The maximum Gasteiger partial charge on any atom is 0.319 e. The van der Waals surface area contributed by atoms with Crippen molar-refractivity contribution < 1.29 is 47.6 Å². The Bertz CT molecular complexity index is 2700. The van der Waals surface area contributed by atoms with Crippen LogP contribution in [0.4, 0.5) is 20.8 Å². The standard InChI is InChI=1S/C54H73FN10O9S/c1-33-25-43(55)44(28-41(33)42-26-39-29-58-52(56-8)64-49(39)60-35(42)3)62-53(70)57-17-11-9-10-12-18-71-19-20-72-21-22-73-23-24-74-31-46(67)63-48(54(5,6)7)51(69)65-30-40(66)27-45(65)50(68)61-34(2)37-13-15-38(16-14-37)47-36(4)59-32-75-47/h13-16,25-26,28-29,32,34,40,45,48,66H,9-12,17-24,27,30-31H2,1-8H3,(H,61,68)(H,63,67)(H2,57,62,70)(H,56,58,60,64)/t34?,40-,45+,48?/m1/s1. The van der Waals surface area contributed by atoms with Crippen molar-refractivity contribution in [2.75, 3.05) is 83.6 Å². The van der Waals surface area contributed by atoms with Crippen molar-refractivity contribution in [3.05, 3.63) is 82.5 Å². The average Bonchev–Trinajstić information content (AvgIpc) is 4.00. The summed E-state index contributed by atoms with van der Waals surface area (Å²) in [6, 6.07) is 10.1. The van der Waals surface area contributed by atoms with E-state index >= 15 is 0 Å². The largest absolute Gasteiger partial charge is 0.391 e. The summed E-state index contributed by atoms with van der Waals surface area (Å²) in [4.78, 5) is 73.4. The number of ether oxygens (including phenoxy) is 4. The summed E-state index contributed by atoms with van der Waals surface area (Å²) in [6.45, 7) is 15.6. The summed E-state index contributed by atoms with van der Waals surface area (Å²) in [6.07, 6.45) is 4.31. The van der Waals surface area contributed by atoms with Crippen LogP contribution in [-0.2, 0) is 33.3 Å². The lowest BCUT2D eigenvalue weighted by atomic mass is 9.85. The number of carbonyl (C=O) groups excluding carboxylic acids is 4. The molecule has 4 heterocycles. The fourth-order valence-corrected chi connectivity index (χ4v) is 9.41. The van der Waals surface area contributed by atoms with E-state index in [4.69, 9.17) is 18.9 Å². The van der Waals surface area contributed by atoms with Crippen molar-refractivity contribution in [2.24, 2.45) is 5.41 Å². The maximum atomic E-state index is 15.0. The van der Waals surface area contributed by atoms with E-state index in [9.17, 15) is 28.7 Å². The first kappa shape index (κ1) is 58.0. The molecule has 1 fully saturated rings. The molecule has 5 amide bonds. The monoisotopic (exact) mass is 1060 g/mol. The van der Waals surface area contributed by atoms with Crippen molar-refractivity contribution in [1.29, 1.82) is 0 Å². The Kier molecular flexibility index (Phi) is 21.7. The van der Waals surface area contributed by atoms with Crippen LogP contribution in [0.3, 0.4) is 0 Å². The SMILES string of the molecule is CNc1ncc2cc(-c3cc(NC(=O)NCCCCCCOCCOCCOCCOCC(=O)NC(C(=O)N4C[C@H](O)C[C@H]4C(=O)NC(C)c4ccc(-c5scnc5C)cc4)C(C)(C)C)c(F)cc3C)c(C)nc2n1. The number of likely N-dealkylation sites (tertiary alicyclic amines) is 1. The molecule has 19 nitrogen and oxygen atoms in total. The van der Waals surface area contributed by atoms with Crippen LogP contribution >= 0.6 is 11.3 Å². The van der Waals surface area contributed by atoms with Crippen molar-refractivity contribution >= 4 is 57.8 Å². The second-order valence-corrected chi connectivity index (χ2v) is 20.5. The predicted octanol–water partition coefficient (Wildman–Crippen LogP) is 7.04. The molecule has 0 saturated carbocycles. The van der Waals surface area contributed by atoms with Crippen LogP contribution in [0.15, 0.2) is 54.2 Å². The Morgan fingerprint density at radius 3 is 2.19 bits per heavy atom. The summed E-state index contributed by atoms with van der Waals surface area (Å²) in [5.74, 6) is -1.39. The molecule has 75 heavy (non-hydrogen) atoms. The molecule has 406 valence electrons. The molecule has 5 aromatic rings. The number of fused-ring (bicyclic) bond motifs is 1. The highest BCUT2D eigenvalue weighted by atomic mass is 32.1. The minimum absolute atomic E-state index is 0.0282. The first-order chi connectivity index (χ1) is 35.9. The average molecular weight is 1060 g/mol. The molecule has 6 rings (SSSR count). The van der Waals surface area contributed by atoms with E-state index in [1.54, 1.807) is 30.6 Å². The summed E-state index contributed by atoms with van der Waals surface area (Å²) < 4.78 is 37.3. The van der Waals surface area contributed by atoms with E-state index in [0.717, 1.165) is 69.6 Å². The Labute approximate surface area is 442 Å². The van der Waals surface area contributed by atoms with Gasteiger partial charge in [0, 0.05) is 56.0 Å². The Morgan fingerprint density at radius 2 is 1.52 bits per heavy atom. The van der Waals surface area contributed by atoms with Gasteiger partial charge in [0.15, 0.2) is 5.65 Å². The van der Waals surface area contributed by atoms with E-state index < -0.39 is 47.3 Å². The van der Waals surface area contributed by atoms with Gasteiger partial charge < -0.3 is 55.5 Å². The number of aliphatic hydroxyl groups is 1. The van der Waals surface area contributed by atoms with Gasteiger partial charge in [0.25, 0.3) is 0 Å². The number of nitrogens with one attached hydrogen (secondary N) is 5. The number of carbonyl (C=O) groups is 4. The number of hydrogen-bond acceptors (Lipinski definition) is 15. The van der Waals surface area contributed by atoms with Crippen LogP contribution < -0.4 is 26.6 Å². The molecule has 0 radical (unpaired) electrons. The molecule has 6 N–H and O–H groups in total. The first-order valence-corrected chi connectivity index (χ1v) is 26.4. The number of aliphatic hydroxyl groups excluding tert-OH is 1. The zero-order valence-corrected chi connectivity index (χ0v) is 45.2. The molecule has 1 aliphatic rings. The number of anilines is 2. The highest BCUT2D eigenvalue weighted by Gasteiger charge is 2.44. The zero-order valence-electron chi connectivity index (χ0n) is 44.3. The van der Waals surface area contributed by atoms with Crippen molar-refractivity contribution in [3.63, 3.8) is 0 Å². The van der Waals surface area contributed by atoms with Crippen LogP contribution in [0.5, 0.6) is 0 Å². The molecule has 1 saturated heterocycles. The van der Waals surface area contributed by atoms with Gasteiger partial charge in [-0.3, -0.25) is 14.4 Å². The topological polar surface area (TPSA) is 240 Å². The van der Waals surface area contributed by atoms with Gasteiger partial charge >= 0.3 is 6.03 Å². The fourth-order valence-electron chi connectivity index (χ4n) is 8.60. The molecule has 0 aliphatic carbocycles. The Balaban J connectivity index is 0.775. The van der Waals surface area contributed by atoms with E-state index in [0.29, 0.717) is 56.7 Å². The van der Waals surface area contributed by atoms with Gasteiger partial charge in [-0.1, -0.05) is 57.9 Å². The normalized spacial score (nSPS) is 15.4. The Hall–Kier alpha value is -6.23. The minimum atomic E-state index is -0.978. The van der Waals surface area contributed by atoms with Crippen molar-refractivity contribution in [1.82, 2.24) is 40.8 Å². The molecular weight excluding hydrogens is 984 g/mol. The summed E-state index contributed by atoms with van der Waals surface area (Å²) in [5, 5.41) is 25.5. The quantitative estimate of drug-likeness (QED) is 0.0289. The zero-order chi connectivity index (χ0) is 54.1. The molecule has 3 aromatic heterocycles. The van der Waals surface area contributed by atoms with Gasteiger partial charge in [-0.2, -0.15) is 4.98 Å². The van der Waals surface area contributed by atoms with Crippen LogP contribution in [-0.4, -0.2) is 145 Å². The number of β-amino-alcohol motifs (C(OH)–C–C–N with tert-alkyl or cyclic N) is 1. The van der Waals surface area contributed by atoms with Gasteiger partial charge in [0.2, 0.25) is 23.7 Å². The number of aromatic nitrogens is 4. The predicted molar refractivity (Wildman–Crippen MR) is 287 cm³/mol. The summed E-state index contributed by atoms with van der Waals surface area (Å²) in [7, 11) is 1.74. The molecule has 2 aromatic carbocycles. The highest BCUT2D eigenvalue weighted by Crippen LogP contribution is 2.33. The second kappa shape index (κ2) is 28.1. The highest BCUT2D eigenvalue weighted by molar-refractivity contribution is 7.13. The van der Waals surface area contributed by atoms with Gasteiger partial charge in [-0.05, 0) is 86.4 Å². The number of urea groups is 1.